The highest BCUT2D eigenvalue weighted by Crippen LogP contribution is 2.34. The molecule has 0 spiro atoms. The fraction of sp³-hybridized carbons (Fsp3) is 0.571. The molecule has 6 heteroatoms. The quantitative estimate of drug-likeness (QED) is 0.893. The summed E-state index contributed by atoms with van der Waals surface area (Å²) in [5.41, 5.74) is 1.31. The molecule has 0 saturated heterocycles. The van der Waals surface area contributed by atoms with Gasteiger partial charge >= 0.3 is 0 Å². The molecule has 0 fully saturated rings. The van der Waals surface area contributed by atoms with Crippen LogP contribution in [0.1, 0.15) is 52.8 Å². The van der Waals surface area contributed by atoms with E-state index in [4.69, 9.17) is 16.6 Å². The van der Waals surface area contributed by atoms with Crippen LogP contribution in [0.4, 0.5) is 0 Å². The molecule has 3 rings (SSSR count). The fourth-order valence-electron chi connectivity index (χ4n) is 2.46. The SMILES string of the molecule is CCCNC(c1ncc(Cl)s1)c1nc2c(s1)CCCC2. The third kappa shape index (κ3) is 3.06. The third-order valence-corrected chi connectivity index (χ3v) is 5.85. The van der Waals surface area contributed by atoms with Gasteiger partial charge in [-0.2, -0.15) is 0 Å². The van der Waals surface area contributed by atoms with Crippen molar-refractivity contribution in [2.75, 3.05) is 6.54 Å². The van der Waals surface area contributed by atoms with E-state index < -0.39 is 0 Å². The van der Waals surface area contributed by atoms with Crippen molar-refractivity contribution in [1.82, 2.24) is 15.3 Å². The van der Waals surface area contributed by atoms with E-state index >= 15 is 0 Å². The Labute approximate surface area is 132 Å². The van der Waals surface area contributed by atoms with E-state index in [-0.39, 0.29) is 6.04 Å². The number of halogens is 1. The Morgan fingerprint density at radius 2 is 2.15 bits per heavy atom. The Balaban J connectivity index is 1.90. The smallest absolute Gasteiger partial charge is 0.118 e. The first-order chi connectivity index (χ1) is 9.78. The van der Waals surface area contributed by atoms with Gasteiger partial charge in [-0.1, -0.05) is 18.5 Å². The zero-order valence-electron chi connectivity index (χ0n) is 11.5. The van der Waals surface area contributed by atoms with Crippen molar-refractivity contribution in [3.05, 3.63) is 31.1 Å². The van der Waals surface area contributed by atoms with Crippen molar-refractivity contribution in [3.63, 3.8) is 0 Å². The lowest BCUT2D eigenvalue weighted by Crippen LogP contribution is -2.23. The highest BCUT2D eigenvalue weighted by Gasteiger charge is 2.24. The molecule has 1 N–H and O–H groups in total. The molecule has 0 aliphatic heterocycles. The summed E-state index contributed by atoms with van der Waals surface area (Å²) in [6.45, 7) is 3.14. The van der Waals surface area contributed by atoms with Gasteiger partial charge in [0.2, 0.25) is 0 Å². The topological polar surface area (TPSA) is 37.8 Å². The lowest BCUT2D eigenvalue weighted by Gasteiger charge is -2.13. The monoisotopic (exact) mass is 327 g/mol. The first-order valence-corrected chi connectivity index (χ1v) is 9.12. The van der Waals surface area contributed by atoms with E-state index in [1.165, 1.54) is 29.8 Å². The molecule has 108 valence electrons. The second kappa shape index (κ2) is 6.52. The van der Waals surface area contributed by atoms with Crippen molar-refractivity contribution in [2.45, 2.75) is 45.1 Å². The largest absolute Gasteiger partial charge is 0.302 e. The zero-order chi connectivity index (χ0) is 13.9. The summed E-state index contributed by atoms with van der Waals surface area (Å²) in [4.78, 5) is 10.8. The second-order valence-electron chi connectivity index (χ2n) is 5.02. The van der Waals surface area contributed by atoms with Gasteiger partial charge < -0.3 is 5.32 Å². The molecule has 3 nitrogen and oxygen atoms in total. The van der Waals surface area contributed by atoms with E-state index in [0.29, 0.717) is 0 Å². The Hall–Kier alpha value is -0.490. The van der Waals surface area contributed by atoms with Gasteiger partial charge in [-0.3, -0.25) is 0 Å². The van der Waals surface area contributed by atoms with Gasteiger partial charge in [-0.05, 0) is 38.6 Å². The van der Waals surface area contributed by atoms with Crippen molar-refractivity contribution in [1.29, 1.82) is 0 Å². The fourth-order valence-corrected chi connectivity index (χ4v) is 4.78. The maximum atomic E-state index is 6.04. The first-order valence-electron chi connectivity index (χ1n) is 7.11. The lowest BCUT2D eigenvalue weighted by molar-refractivity contribution is 0.590. The van der Waals surface area contributed by atoms with Crippen molar-refractivity contribution in [2.24, 2.45) is 0 Å². The van der Waals surface area contributed by atoms with Crippen molar-refractivity contribution in [3.8, 4) is 0 Å². The highest BCUT2D eigenvalue weighted by atomic mass is 35.5. The van der Waals surface area contributed by atoms with Crippen molar-refractivity contribution < 1.29 is 0 Å². The van der Waals surface area contributed by atoms with Crippen LogP contribution in [0, 0.1) is 0 Å². The molecule has 0 amide bonds. The minimum absolute atomic E-state index is 0.100. The van der Waals surface area contributed by atoms with E-state index in [9.17, 15) is 0 Å². The van der Waals surface area contributed by atoms with Crippen LogP contribution in [0.25, 0.3) is 0 Å². The van der Waals surface area contributed by atoms with Crippen LogP contribution in [0.2, 0.25) is 4.34 Å². The van der Waals surface area contributed by atoms with Gasteiger partial charge in [-0.25, -0.2) is 9.97 Å². The van der Waals surface area contributed by atoms with Gasteiger partial charge in [0.15, 0.2) is 0 Å². The summed E-state index contributed by atoms with van der Waals surface area (Å²) in [6, 6.07) is 0.100. The number of rotatable bonds is 5. The number of hydrogen-bond acceptors (Lipinski definition) is 5. The standard InChI is InChI=1S/C14H18ClN3S2/c1-2-7-16-12(13-17-8-11(15)20-13)14-18-9-5-3-4-6-10(9)19-14/h8,12,16H,2-7H2,1H3. The molecule has 2 aromatic rings. The number of nitrogens with zero attached hydrogens (tertiary/aromatic N) is 2. The molecule has 20 heavy (non-hydrogen) atoms. The maximum absolute atomic E-state index is 6.04. The van der Waals surface area contributed by atoms with Crippen LogP contribution in [0.5, 0.6) is 0 Å². The molecular formula is C14H18ClN3S2. The van der Waals surface area contributed by atoms with E-state index in [1.807, 2.05) is 11.3 Å². The molecule has 0 bridgehead atoms. The van der Waals surface area contributed by atoms with Gasteiger partial charge in [0.05, 0.1) is 11.9 Å². The Kier molecular flexibility index (Phi) is 4.71. The number of aromatic nitrogens is 2. The van der Waals surface area contributed by atoms with Gasteiger partial charge in [0, 0.05) is 4.88 Å². The summed E-state index contributed by atoms with van der Waals surface area (Å²) < 4.78 is 0.740. The normalized spacial score (nSPS) is 16.1. The van der Waals surface area contributed by atoms with Crippen LogP contribution in [0.3, 0.4) is 0 Å². The predicted octanol–water partition coefficient (Wildman–Crippen LogP) is 4.22. The number of fused-ring (bicyclic) bond motifs is 1. The van der Waals surface area contributed by atoms with Crippen LogP contribution < -0.4 is 5.32 Å². The lowest BCUT2D eigenvalue weighted by atomic mass is 10.0. The molecule has 1 unspecified atom stereocenters. The zero-order valence-corrected chi connectivity index (χ0v) is 13.9. The van der Waals surface area contributed by atoms with Crippen LogP contribution in [0.15, 0.2) is 6.20 Å². The molecular weight excluding hydrogens is 310 g/mol. The predicted molar refractivity (Wildman–Crippen MR) is 86.0 cm³/mol. The third-order valence-electron chi connectivity index (χ3n) is 3.45. The minimum atomic E-state index is 0.100. The summed E-state index contributed by atoms with van der Waals surface area (Å²) in [7, 11) is 0. The number of hydrogen-bond donors (Lipinski definition) is 1. The minimum Gasteiger partial charge on any atom is -0.302 e. The van der Waals surface area contributed by atoms with Crippen molar-refractivity contribution >= 4 is 34.3 Å². The van der Waals surface area contributed by atoms with E-state index in [1.54, 1.807) is 17.5 Å². The number of nitrogens with one attached hydrogen (secondary N) is 1. The Morgan fingerprint density at radius 1 is 1.30 bits per heavy atom. The molecule has 1 aliphatic carbocycles. The Morgan fingerprint density at radius 3 is 2.85 bits per heavy atom. The van der Waals surface area contributed by atoms with Gasteiger partial charge in [0.25, 0.3) is 0 Å². The number of thiazole rings is 2. The molecule has 0 aromatic carbocycles. The first kappa shape index (κ1) is 14.4. The highest BCUT2D eigenvalue weighted by molar-refractivity contribution is 7.16. The summed E-state index contributed by atoms with van der Waals surface area (Å²) in [5.74, 6) is 0. The maximum Gasteiger partial charge on any atom is 0.118 e. The molecule has 1 atom stereocenters. The molecule has 0 radical (unpaired) electrons. The molecule has 2 heterocycles. The van der Waals surface area contributed by atoms with Gasteiger partial charge in [0.1, 0.15) is 20.4 Å². The Bertz CT molecular complexity index is 555. The van der Waals surface area contributed by atoms with Gasteiger partial charge in [-0.15, -0.1) is 22.7 Å². The summed E-state index contributed by atoms with van der Waals surface area (Å²) >= 11 is 9.43. The van der Waals surface area contributed by atoms with Crippen LogP contribution >= 0.6 is 34.3 Å². The average molecular weight is 328 g/mol. The van der Waals surface area contributed by atoms with E-state index in [2.05, 4.69) is 17.2 Å². The van der Waals surface area contributed by atoms with Crippen LogP contribution in [-0.2, 0) is 12.8 Å². The van der Waals surface area contributed by atoms with Crippen LogP contribution in [-0.4, -0.2) is 16.5 Å². The van der Waals surface area contributed by atoms with E-state index in [0.717, 1.165) is 33.7 Å². The molecule has 2 aromatic heterocycles. The number of aryl methyl sites for hydroxylation is 2. The summed E-state index contributed by atoms with van der Waals surface area (Å²) in [6.07, 6.45) is 7.71. The molecule has 0 saturated carbocycles. The average Bonchev–Trinajstić information content (AvgIpc) is 3.05. The summed E-state index contributed by atoms with van der Waals surface area (Å²) in [5, 5.41) is 5.73. The second-order valence-corrected chi connectivity index (χ2v) is 7.83. The molecule has 1 aliphatic rings.